The van der Waals surface area contributed by atoms with Crippen molar-refractivity contribution in [3.63, 3.8) is 0 Å². The van der Waals surface area contributed by atoms with Crippen LogP contribution in [0.4, 0.5) is 5.69 Å². The lowest BCUT2D eigenvalue weighted by Crippen LogP contribution is -2.43. The Morgan fingerprint density at radius 1 is 1.61 bits per heavy atom. The Morgan fingerprint density at radius 3 is 3.00 bits per heavy atom. The number of amides is 1. The van der Waals surface area contributed by atoms with E-state index in [0.717, 1.165) is 0 Å². The summed E-state index contributed by atoms with van der Waals surface area (Å²) in [7, 11) is -3.22. The van der Waals surface area contributed by atoms with Crippen molar-refractivity contribution in [2.45, 2.75) is 12.8 Å². The van der Waals surface area contributed by atoms with Crippen LogP contribution in [0.1, 0.15) is 12.8 Å². The first kappa shape index (κ1) is 13.0. The van der Waals surface area contributed by atoms with E-state index in [-0.39, 0.29) is 18.4 Å². The van der Waals surface area contributed by atoms with Crippen LogP contribution in [0, 0.1) is 5.92 Å². The molecule has 0 aromatic carbocycles. The van der Waals surface area contributed by atoms with E-state index in [0.29, 0.717) is 25.1 Å². The van der Waals surface area contributed by atoms with Crippen LogP contribution in [0.5, 0.6) is 0 Å². The third-order valence-electron chi connectivity index (χ3n) is 2.99. The van der Waals surface area contributed by atoms with Crippen molar-refractivity contribution < 1.29 is 13.2 Å². The standard InChI is InChI=1S/C10H16N4O3S/c1-18(16,17)14-4-2-3-8(7-14)10(15)13-9-5-11-12-6-9/h5-6,8H,2-4,7H2,1H3,(H,11,12)(H,13,15). The summed E-state index contributed by atoms with van der Waals surface area (Å²) in [6, 6.07) is 0. The van der Waals surface area contributed by atoms with E-state index in [9.17, 15) is 13.2 Å². The molecule has 1 unspecified atom stereocenters. The van der Waals surface area contributed by atoms with Gasteiger partial charge in [0.2, 0.25) is 15.9 Å². The topological polar surface area (TPSA) is 95.2 Å². The summed E-state index contributed by atoms with van der Waals surface area (Å²) < 4.78 is 24.3. The minimum atomic E-state index is -3.22. The van der Waals surface area contributed by atoms with Gasteiger partial charge in [-0.25, -0.2) is 12.7 Å². The van der Waals surface area contributed by atoms with Crippen LogP contribution in [-0.4, -0.2) is 48.2 Å². The minimum absolute atomic E-state index is 0.162. The average Bonchev–Trinajstić information content (AvgIpc) is 2.81. The van der Waals surface area contributed by atoms with Crippen LogP contribution >= 0.6 is 0 Å². The molecule has 1 aromatic rings. The molecule has 100 valence electrons. The first-order chi connectivity index (χ1) is 8.47. The van der Waals surface area contributed by atoms with Crippen molar-refractivity contribution in [2.24, 2.45) is 5.92 Å². The molecule has 0 radical (unpaired) electrons. The lowest BCUT2D eigenvalue weighted by Gasteiger charge is -2.29. The predicted molar refractivity (Wildman–Crippen MR) is 66.4 cm³/mol. The Balaban J connectivity index is 1.98. The molecule has 1 aliphatic heterocycles. The van der Waals surface area contributed by atoms with Gasteiger partial charge < -0.3 is 5.32 Å². The molecular formula is C10H16N4O3S. The highest BCUT2D eigenvalue weighted by molar-refractivity contribution is 7.88. The van der Waals surface area contributed by atoms with Crippen molar-refractivity contribution in [3.8, 4) is 0 Å². The number of hydrogen-bond acceptors (Lipinski definition) is 4. The van der Waals surface area contributed by atoms with Gasteiger partial charge in [0, 0.05) is 19.3 Å². The van der Waals surface area contributed by atoms with Crippen LogP contribution < -0.4 is 5.32 Å². The third kappa shape index (κ3) is 3.08. The molecule has 1 aromatic heterocycles. The average molecular weight is 272 g/mol. The second-order valence-electron chi connectivity index (χ2n) is 4.44. The Bertz CT molecular complexity index is 511. The molecule has 1 aliphatic rings. The van der Waals surface area contributed by atoms with Crippen molar-refractivity contribution in [3.05, 3.63) is 12.4 Å². The normalized spacial score (nSPS) is 21.7. The Hall–Kier alpha value is -1.41. The summed E-state index contributed by atoms with van der Waals surface area (Å²) >= 11 is 0. The fourth-order valence-electron chi connectivity index (χ4n) is 2.02. The first-order valence-corrected chi connectivity index (χ1v) is 7.56. The SMILES string of the molecule is CS(=O)(=O)N1CCCC(C(=O)Nc2cn[nH]c2)C1. The van der Waals surface area contributed by atoms with E-state index in [1.807, 2.05) is 0 Å². The summed E-state index contributed by atoms with van der Waals surface area (Å²) in [6.45, 7) is 0.747. The molecule has 7 nitrogen and oxygen atoms in total. The highest BCUT2D eigenvalue weighted by Crippen LogP contribution is 2.20. The molecule has 8 heteroatoms. The Kier molecular flexibility index (Phi) is 3.67. The first-order valence-electron chi connectivity index (χ1n) is 5.71. The second-order valence-corrected chi connectivity index (χ2v) is 6.42. The zero-order valence-corrected chi connectivity index (χ0v) is 10.9. The summed E-state index contributed by atoms with van der Waals surface area (Å²) in [5.41, 5.74) is 0.594. The van der Waals surface area contributed by atoms with E-state index in [1.54, 1.807) is 6.20 Å². The van der Waals surface area contributed by atoms with Gasteiger partial charge in [0.1, 0.15) is 0 Å². The maximum Gasteiger partial charge on any atom is 0.228 e. The van der Waals surface area contributed by atoms with Gasteiger partial charge in [-0.05, 0) is 12.8 Å². The number of carbonyl (C=O) groups is 1. The highest BCUT2D eigenvalue weighted by atomic mass is 32.2. The van der Waals surface area contributed by atoms with E-state index < -0.39 is 10.0 Å². The number of nitrogens with zero attached hydrogens (tertiary/aromatic N) is 2. The number of anilines is 1. The molecule has 0 saturated carbocycles. The molecule has 0 spiro atoms. The molecule has 2 N–H and O–H groups in total. The van der Waals surface area contributed by atoms with Gasteiger partial charge in [-0.2, -0.15) is 5.10 Å². The number of aromatic amines is 1. The highest BCUT2D eigenvalue weighted by Gasteiger charge is 2.30. The van der Waals surface area contributed by atoms with Crippen molar-refractivity contribution in [2.75, 3.05) is 24.7 Å². The van der Waals surface area contributed by atoms with Crippen molar-refractivity contribution in [1.29, 1.82) is 0 Å². The summed E-state index contributed by atoms with van der Waals surface area (Å²) in [6.07, 6.45) is 5.67. The van der Waals surface area contributed by atoms with E-state index >= 15 is 0 Å². The zero-order chi connectivity index (χ0) is 13.2. The largest absolute Gasteiger partial charge is 0.323 e. The number of carbonyl (C=O) groups excluding carboxylic acids is 1. The molecule has 2 heterocycles. The third-order valence-corrected chi connectivity index (χ3v) is 4.26. The fourth-order valence-corrected chi connectivity index (χ4v) is 2.93. The summed E-state index contributed by atoms with van der Waals surface area (Å²) in [5.74, 6) is -0.465. The lowest BCUT2D eigenvalue weighted by molar-refractivity contribution is -0.120. The molecule has 0 bridgehead atoms. The number of H-pyrrole nitrogens is 1. The van der Waals surface area contributed by atoms with Gasteiger partial charge in [0.05, 0.1) is 24.1 Å². The molecule has 1 amide bonds. The molecular weight excluding hydrogens is 256 g/mol. The smallest absolute Gasteiger partial charge is 0.228 e. The number of rotatable bonds is 3. The minimum Gasteiger partial charge on any atom is -0.323 e. The monoisotopic (exact) mass is 272 g/mol. The zero-order valence-electron chi connectivity index (χ0n) is 10.1. The van der Waals surface area contributed by atoms with E-state index in [2.05, 4.69) is 15.5 Å². The maximum absolute atomic E-state index is 12.0. The van der Waals surface area contributed by atoms with Crippen LogP contribution in [-0.2, 0) is 14.8 Å². The van der Waals surface area contributed by atoms with Crippen molar-refractivity contribution >= 4 is 21.6 Å². The summed E-state index contributed by atoms with van der Waals surface area (Å²) in [4.78, 5) is 12.0. The molecule has 1 fully saturated rings. The number of sulfonamides is 1. The molecule has 2 rings (SSSR count). The van der Waals surface area contributed by atoms with Crippen molar-refractivity contribution in [1.82, 2.24) is 14.5 Å². The molecule has 18 heavy (non-hydrogen) atoms. The Morgan fingerprint density at radius 2 is 2.39 bits per heavy atom. The van der Waals surface area contributed by atoms with E-state index in [4.69, 9.17) is 0 Å². The van der Waals surface area contributed by atoms with Crippen LogP contribution in [0.2, 0.25) is 0 Å². The second kappa shape index (κ2) is 5.07. The van der Waals surface area contributed by atoms with Gasteiger partial charge in [0.15, 0.2) is 0 Å². The Labute approximate surface area is 106 Å². The quantitative estimate of drug-likeness (QED) is 0.811. The van der Waals surface area contributed by atoms with Crippen LogP contribution in [0.3, 0.4) is 0 Å². The van der Waals surface area contributed by atoms with Gasteiger partial charge in [-0.3, -0.25) is 9.89 Å². The maximum atomic E-state index is 12.0. The lowest BCUT2D eigenvalue weighted by atomic mass is 9.99. The molecule has 1 saturated heterocycles. The number of aromatic nitrogens is 2. The van der Waals surface area contributed by atoms with Crippen LogP contribution in [0.25, 0.3) is 0 Å². The van der Waals surface area contributed by atoms with Gasteiger partial charge in [-0.15, -0.1) is 0 Å². The molecule has 0 aliphatic carbocycles. The number of nitrogens with one attached hydrogen (secondary N) is 2. The van der Waals surface area contributed by atoms with E-state index in [1.165, 1.54) is 16.8 Å². The van der Waals surface area contributed by atoms with Gasteiger partial charge >= 0.3 is 0 Å². The van der Waals surface area contributed by atoms with Gasteiger partial charge in [0.25, 0.3) is 0 Å². The van der Waals surface area contributed by atoms with Gasteiger partial charge in [-0.1, -0.05) is 0 Å². The number of hydrogen-bond donors (Lipinski definition) is 2. The predicted octanol–water partition coefficient (Wildman–Crippen LogP) is 0.0198. The number of piperidine rings is 1. The molecule has 1 atom stereocenters. The van der Waals surface area contributed by atoms with Crippen LogP contribution in [0.15, 0.2) is 12.4 Å². The fraction of sp³-hybridized carbons (Fsp3) is 0.600. The summed E-state index contributed by atoms with van der Waals surface area (Å²) in [5, 5.41) is 9.04.